The van der Waals surface area contributed by atoms with E-state index in [4.69, 9.17) is 4.74 Å². The number of nitro groups is 1. The SMILES string of the molecule is O=[N+]([O-])c1cc(Br)cnc1Oc1ccccc1F. The molecule has 1 aromatic heterocycles. The molecule has 0 radical (unpaired) electrons. The van der Waals surface area contributed by atoms with Gasteiger partial charge in [0.05, 0.1) is 4.92 Å². The van der Waals surface area contributed by atoms with Gasteiger partial charge in [0, 0.05) is 16.7 Å². The van der Waals surface area contributed by atoms with Crippen LogP contribution in [0.5, 0.6) is 11.6 Å². The topological polar surface area (TPSA) is 65.3 Å². The Morgan fingerprint density at radius 3 is 2.78 bits per heavy atom. The van der Waals surface area contributed by atoms with Crippen molar-refractivity contribution in [3.8, 4) is 11.6 Å². The van der Waals surface area contributed by atoms with Crippen molar-refractivity contribution in [2.45, 2.75) is 0 Å². The van der Waals surface area contributed by atoms with Crippen molar-refractivity contribution in [2.24, 2.45) is 0 Å². The molecule has 1 heterocycles. The van der Waals surface area contributed by atoms with Crippen LogP contribution in [0.3, 0.4) is 0 Å². The van der Waals surface area contributed by atoms with Crippen LogP contribution < -0.4 is 4.74 Å². The van der Waals surface area contributed by atoms with Crippen molar-refractivity contribution >= 4 is 21.6 Å². The summed E-state index contributed by atoms with van der Waals surface area (Å²) in [7, 11) is 0. The number of benzene rings is 1. The summed E-state index contributed by atoms with van der Waals surface area (Å²) in [5.41, 5.74) is -0.340. The average molecular weight is 313 g/mol. The summed E-state index contributed by atoms with van der Waals surface area (Å²) < 4.78 is 18.9. The van der Waals surface area contributed by atoms with Crippen LogP contribution in [0.4, 0.5) is 10.1 Å². The molecule has 5 nitrogen and oxygen atoms in total. The number of nitrogens with zero attached hydrogens (tertiary/aromatic N) is 2. The fraction of sp³-hybridized carbons (Fsp3) is 0. The van der Waals surface area contributed by atoms with E-state index < -0.39 is 10.7 Å². The zero-order valence-corrected chi connectivity index (χ0v) is 10.4. The lowest BCUT2D eigenvalue weighted by Crippen LogP contribution is -1.97. The van der Waals surface area contributed by atoms with Crippen LogP contribution in [0.15, 0.2) is 41.0 Å². The van der Waals surface area contributed by atoms with E-state index in [1.165, 1.54) is 30.5 Å². The summed E-state index contributed by atoms with van der Waals surface area (Å²) in [6, 6.07) is 6.85. The third-order valence-corrected chi connectivity index (χ3v) is 2.47. The zero-order valence-electron chi connectivity index (χ0n) is 8.84. The van der Waals surface area contributed by atoms with Gasteiger partial charge in [-0.05, 0) is 28.1 Å². The van der Waals surface area contributed by atoms with Crippen LogP contribution in [0, 0.1) is 15.9 Å². The molecule has 0 saturated heterocycles. The molecule has 0 atom stereocenters. The van der Waals surface area contributed by atoms with E-state index in [1.807, 2.05) is 0 Å². The molecular formula is C11H6BrFN2O3. The van der Waals surface area contributed by atoms with E-state index >= 15 is 0 Å². The molecule has 0 N–H and O–H groups in total. The van der Waals surface area contributed by atoms with Gasteiger partial charge in [-0.15, -0.1) is 0 Å². The molecule has 0 fully saturated rings. The third kappa shape index (κ3) is 2.62. The predicted octanol–water partition coefficient (Wildman–Crippen LogP) is 3.68. The second kappa shape index (κ2) is 5.09. The van der Waals surface area contributed by atoms with Gasteiger partial charge in [-0.1, -0.05) is 12.1 Å². The lowest BCUT2D eigenvalue weighted by Gasteiger charge is -2.05. The normalized spacial score (nSPS) is 10.1. The Bertz CT molecular complexity index is 607. The number of aromatic nitrogens is 1. The van der Waals surface area contributed by atoms with Gasteiger partial charge in [-0.25, -0.2) is 9.37 Å². The summed E-state index contributed by atoms with van der Waals surface area (Å²) in [4.78, 5) is 13.9. The molecule has 2 aromatic rings. The number of para-hydroxylation sites is 1. The number of ether oxygens (including phenoxy) is 1. The first-order valence-corrected chi connectivity index (χ1v) is 5.59. The van der Waals surface area contributed by atoms with Gasteiger partial charge in [0.1, 0.15) is 0 Å². The molecule has 2 rings (SSSR count). The van der Waals surface area contributed by atoms with Crippen LogP contribution in [-0.4, -0.2) is 9.91 Å². The molecule has 0 spiro atoms. The lowest BCUT2D eigenvalue weighted by atomic mass is 10.3. The van der Waals surface area contributed by atoms with E-state index in [0.717, 1.165) is 0 Å². The number of halogens is 2. The third-order valence-electron chi connectivity index (χ3n) is 2.04. The molecular weight excluding hydrogens is 307 g/mol. The van der Waals surface area contributed by atoms with Crippen molar-refractivity contribution < 1.29 is 14.1 Å². The molecule has 0 aliphatic heterocycles. The highest BCUT2D eigenvalue weighted by atomic mass is 79.9. The number of pyridine rings is 1. The highest BCUT2D eigenvalue weighted by molar-refractivity contribution is 9.10. The summed E-state index contributed by atoms with van der Waals surface area (Å²) in [5.74, 6) is -0.986. The lowest BCUT2D eigenvalue weighted by molar-refractivity contribution is -0.386. The van der Waals surface area contributed by atoms with E-state index in [0.29, 0.717) is 4.47 Å². The molecule has 0 amide bonds. The van der Waals surface area contributed by atoms with Gasteiger partial charge in [-0.2, -0.15) is 0 Å². The minimum Gasteiger partial charge on any atom is -0.431 e. The zero-order chi connectivity index (χ0) is 13.1. The molecule has 1 aromatic carbocycles. The second-order valence-electron chi connectivity index (χ2n) is 3.27. The maximum Gasteiger partial charge on any atom is 0.332 e. The fourth-order valence-corrected chi connectivity index (χ4v) is 1.58. The number of hydrogen-bond acceptors (Lipinski definition) is 4. The Morgan fingerprint density at radius 2 is 2.11 bits per heavy atom. The Morgan fingerprint density at radius 1 is 1.39 bits per heavy atom. The van der Waals surface area contributed by atoms with Crippen molar-refractivity contribution in [3.63, 3.8) is 0 Å². The van der Waals surface area contributed by atoms with E-state index in [9.17, 15) is 14.5 Å². The van der Waals surface area contributed by atoms with Crippen molar-refractivity contribution in [3.05, 3.63) is 56.9 Å². The Hall–Kier alpha value is -2.02. The van der Waals surface area contributed by atoms with E-state index in [-0.39, 0.29) is 17.3 Å². The summed E-state index contributed by atoms with van der Waals surface area (Å²) in [6.07, 6.45) is 1.34. The minimum atomic E-state index is -0.645. The van der Waals surface area contributed by atoms with Crippen molar-refractivity contribution in [2.75, 3.05) is 0 Å². The highest BCUT2D eigenvalue weighted by Gasteiger charge is 2.19. The van der Waals surface area contributed by atoms with Gasteiger partial charge < -0.3 is 4.74 Å². The predicted molar refractivity (Wildman–Crippen MR) is 65.1 cm³/mol. The molecule has 18 heavy (non-hydrogen) atoms. The van der Waals surface area contributed by atoms with Crippen LogP contribution in [0.25, 0.3) is 0 Å². The molecule has 0 saturated carbocycles. The smallest absolute Gasteiger partial charge is 0.332 e. The van der Waals surface area contributed by atoms with Crippen LogP contribution >= 0.6 is 15.9 Å². The summed E-state index contributed by atoms with van der Waals surface area (Å²) in [6.45, 7) is 0. The molecule has 0 aliphatic carbocycles. The first-order valence-electron chi connectivity index (χ1n) is 4.80. The summed E-state index contributed by atoms with van der Waals surface area (Å²) >= 11 is 3.07. The van der Waals surface area contributed by atoms with Gasteiger partial charge >= 0.3 is 5.69 Å². The average Bonchev–Trinajstić information content (AvgIpc) is 2.34. The monoisotopic (exact) mass is 312 g/mol. The van der Waals surface area contributed by atoms with Crippen LogP contribution in [0.1, 0.15) is 0 Å². The molecule has 0 bridgehead atoms. The minimum absolute atomic E-state index is 0.115. The maximum absolute atomic E-state index is 13.4. The second-order valence-corrected chi connectivity index (χ2v) is 4.18. The molecule has 7 heteroatoms. The number of hydrogen-bond donors (Lipinski definition) is 0. The quantitative estimate of drug-likeness (QED) is 0.640. The van der Waals surface area contributed by atoms with Crippen LogP contribution in [-0.2, 0) is 0 Å². The highest BCUT2D eigenvalue weighted by Crippen LogP contribution is 2.31. The van der Waals surface area contributed by atoms with Crippen molar-refractivity contribution in [1.82, 2.24) is 4.98 Å². The van der Waals surface area contributed by atoms with E-state index in [2.05, 4.69) is 20.9 Å². The molecule has 92 valence electrons. The standard InChI is InChI=1S/C11H6BrFN2O3/c12-7-5-9(15(16)17)11(14-6-7)18-10-4-2-1-3-8(10)13/h1-6H. The molecule has 0 unspecified atom stereocenters. The van der Waals surface area contributed by atoms with Gasteiger partial charge in [-0.3, -0.25) is 10.1 Å². The Kier molecular flexibility index (Phi) is 3.52. The van der Waals surface area contributed by atoms with Crippen molar-refractivity contribution in [1.29, 1.82) is 0 Å². The van der Waals surface area contributed by atoms with Gasteiger partial charge in [0.25, 0.3) is 5.88 Å². The Balaban J connectivity index is 2.41. The maximum atomic E-state index is 13.4. The van der Waals surface area contributed by atoms with Gasteiger partial charge in [0.2, 0.25) is 0 Å². The summed E-state index contributed by atoms with van der Waals surface area (Å²) in [5, 5.41) is 10.8. The first-order chi connectivity index (χ1) is 8.58. The Labute approximate surface area is 110 Å². The fourth-order valence-electron chi connectivity index (χ4n) is 1.26. The first kappa shape index (κ1) is 12.4. The van der Waals surface area contributed by atoms with Crippen LogP contribution in [0.2, 0.25) is 0 Å². The van der Waals surface area contributed by atoms with Gasteiger partial charge in [0.15, 0.2) is 11.6 Å². The number of rotatable bonds is 3. The molecule has 0 aliphatic rings. The van der Waals surface area contributed by atoms with E-state index in [1.54, 1.807) is 6.07 Å². The largest absolute Gasteiger partial charge is 0.431 e.